The topological polar surface area (TPSA) is 81.4 Å². The molecule has 3 fully saturated rings. The van der Waals surface area contributed by atoms with Gasteiger partial charge in [-0.1, -0.05) is 44.7 Å². The van der Waals surface area contributed by atoms with Crippen LogP contribution >= 0.6 is 0 Å². The number of hydrogen-bond donors (Lipinski definition) is 4. The van der Waals surface area contributed by atoms with Crippen molar-refractivity contribution in [2.75, 3.05) is 0 Å². The Morgan fingerprint density at radius 2 is 1.27 bits per heavy atom. The third-order valence-corrected chi connectivity index (χ3v) is 11.8. The molecule has 5 aliphatic carbocycles. The van der Waals surface area contributed by atoms with Gasteiger partial charge in [0.1, 0.15) is 11.6 Å². The molecule has 0 amide bonds. The molecule has 6 heteroatoms. The van der Waals surface area contributed by atoms with Gasteiger partial charge in [-0.2, -0.15) is 0 Å². The van der Waals surface area contributed by atoms with Crippen molar-refractivity contribution in [2.45, 2.75) is 90.9 Å². The Balaban J connectivity index is 0.911. The van der Waals surface area contributed by atoms with Gasteiger partial charge in [0.15, 0.2) is 0 Å². The summed E-state index contributed by atoms with van der Waals surface area (Å²) in [6.07, 6.45) is 5.41. The molecule has 7 atom stereocenters. The van der Waals surface area contributed by atoms with Crippen molar-refractivity contribution in [1.29, 1.82) is 0 Å². The van der Waals surface area contributed by atoms with E-state index in [4.69, 9.17) is 9.97 Å². The van der Waals surface area contributed by atoms with Gasteiger partial charge >= 0.3 is 0 Å². The number of hydrogen-bond acceptors (Lipinski definition) is 4. The molecule has 224 valence electrons. The first-order chi connectivity index (χ1) is 21.3. The van der Waals surface area contributed by atoms with E-state index in [1.54, 1.807) is 0 Å². The fourth-order valence-electron chi connectivity index (χ4n) is 8.11. The lowest BCUT2D eigenvalue weighted by atomic mass is 9.90. The maximum absolute atomic E-state index is 5.08. The van der Waals surface area contributed by atoms with Crippen LogP contribution in [-0.4, -0.2) is 32.0 Å². The molecule has 0 bridgehead atoms. The van der Waals surface area contributed by atoms with Crippen molar-refractivity contribution in [3.8, 4) is 34.4 Å². The summed E-state index contributed by atoms with van der Waals surface area (Å²) >= 11 is 0. The summed E-state index contributed by atoms with van der Waals surface area (Å²) in [7, 11) is 0. The van der Waals surface area contributed by atoms with E-state index < -0.39 is 0 Å². The predicted molar refractivity (Wildman–Crippen MR) is 174 cm³/mol. The van der Waals surface area contributed by atoms with E-state index in [2.05, 4.69) is 103 Å². The van der Waals surface area contributed by atoms with E-state index >= 15 is 0 Å². The van der Waals surface area contributed by atoms with Crippen LogP contribution in [0.5, 0.6) is 0 Å². The molecule has 0 saturated heterocycles. The molecule has 7 unspecified atom stereocenters. The van der Waals surface area contributed by atoms with Gasteiger partial charge in [-0.3, -0.25) is 0 Å². The van der Waals surface area contributed by atoms with E-state index in [1.807, 2.05) is 0 Å². The summed E-state index contributed by atoms with van der Waals surface area (Å²) in [6.45, 7) is 11.5. The second-order valence-electron chi connectivity index (χ2n) is 14.7. The minimum absolute atomic E-state index is 0.229. The van der Waals surface area contributed by atoms with Crippen LogP contribution in [0.25, 0.3) is 22.5 Å². The molecular weight excluding hydrogens is 540 g/mol. The monoisotopic (exact) mass is 582 g/mol. The van der Waals surface area contributed by atoms with Crippen LogP contribution in [-0.2, 0) is 25.7 Å². The number of aromatic nitrogens is 4. The van der Waals surface area contributed by atoms with Crippen molar-refractivity contribution >= 4 is 0 Å². The van der Waals surface area contributed by atoms with Crippen LogP contribution in [0.4, 0.5) is 0 Å². The molecule has 0 spiro atoms. The molecule has 2 aromatic heterocycles. The zero-order chi connectivity index (χ0) is 29.9. The second-order valence-corrected chi connectivity index (χ2v) is 14.7. The highest BCUT2D eigenvalue weighted by Gasteiger charge is 2.75. The number of aryl methyl sites for hydroxylation is 4. The summed E-state index contributed by atoms with van der Waals surface area (Å²) in [4.78, 5) is 17.4. The summed E-state index contributed by atoms with van der Waals surface area (Å²) in [5.74, 6) is 11.4. The van der Waals surface area contributed by atoms with Gasteiger partial charge in [0.2, 0.25) is 0 Å². The first-order valence-corrected chi connectivity index (χ1v) is 16.7. The maximum atomic E-state index is 5.08. The molecule has 4 aromatic rings. The molecular formula is C38H42N6. The van der Waals surface area contributed by atoms with Crippen LogP contribution in [0, 0.1) is 35.0 Å². The Bertz CT molecular complexity index is 1760. The SMILES string of the molecule is CC(NC1C(C)C1C)c1nc2c([nH]1)CCc1cc(C#Cc3ccc4c(c3)CCc3[nH]c(C(C)NC5C6CC65C)nc3-4)ccc1-2. The average Bonchev–Trinajstić information content (AvgIpc) is 3.81. The van der Waals surface area contributed by atoms with Crippen molar-refractivity contribution in [3.63, 3.8) is 0 Å². The van der Waals surface area contributed by atoms with Gasteiger partial charge in [-0.05, 0) is 105 Å². The molecule has 6 nitrogen and oxygen atoms in total. The van der Waals surface area contributed by atoms with Crippen LogP contribution in [0.2, 0.25) is 0 Å². The van der Waals surface area contributed by atoms with Crippen molar-refractivity contribution < 1.29 is 0 Å². The Labute approximate surface area is 260 Å². The molecule has 9 rings (SSSR count). The first-order valence-electron chi connectivity index (χ1n) is 16.7. The lowest BCUT2D eigenvalue weighted by molar-refractivity contribution is 0.443. The average molecular weight is 583 g/mol. The zero-order valence-electron chi connectivity index (χ0n) is 26.4. The lowest BCUT2D eigenvalue weighted by Gasteiger charge is -2.15. The van der Waals surface area contributed by atoms with Crippen LogP contribution in [0.1, 0.15) is 98.4 Å². The number of aromatic amines is 2. The highest BCUT2D eigenvalue weighted by molar-refractivity contribution is 5.71. The fourth-order valence-corrected chi connectivity index (χ4v) is 8.11. The normalized spacial score (nSPS) is 29.6. The lowest BCUT2D eigenvalue weighted by Crippen LogP contribution is -2.28. The second kappa shape index (κ2) is 9.42. The molecule has 4 N–H and O–H groups in total. The number of benzene rings is 2. The van der Waals surface area contributed by atoms with Gasteiger partial charge in [-0.25, -0.2) is 9.97 Å². The van der Waals surface area contributed by atoms with Gasteiger partial charge in [-0.15, -0.1) is 0 Å². The minimum atomic E-state index is 0.229. The Morgan fingerprint density at radius 3 is 1.73 bits per heavy atom. The largest absolute Gasteiger partial charge is 0.344 e. The van der Waals surface area contributed by atoms with Gasteiger partial charge in [0.25, 0.3) is 0 Å². The Hall–Kier alpha value is -3.66. The van der Waals surface area contributed by atoms with E-state index in [-0.39, 0.29) is 12.1 Å². The number of rotatable bonds is 6. The van der Waals surface area contributed by atoms with Crippen molar-refractivity contribution in [1.82, 2.24) is 30.6 Å². The zero-order valence-corrected chi connectivity index (χ0v) is 26.4. The number of nitrogens with zero attached hydrogens (tertiary/aromatic N) is 2. The van der Waals surface area contributed by atoms with E-state index in [9.17, 15) is 0 Å². The van der Waals surface area contributed by atoms with E-state index in [0.717, 1.165) is 77.6 Å². The smallest absolute Gasteiger partial charge is 0.123 e. The summed E-state index contributed by atoms with van der Waals surface area (Å²) in [5, 5.41) is 7.57. The highest BCUT2D eigenvalue weighted by Crippen LogP contribution is 2.74. The third kappa shape index (κ3) is 4.24. The Morgan fingerprint density at radius 1 is 0.773 bits per heavy atom. The van der Waals surface area contributed by atoms with E-state index in [0.29, 0.717) is 17.5 Å². The summed E-state index contributed by atoms with van der Waals surface area (Å²) in [5.41, 5.74) is 12.7. The van der Waals surface area contributed by atoms with Gasteiger partial charge < -0.3 is 20.6 Å². The standard InChI is InChI=1S/C38H42N6/c1-19-20(2)32(19)39-21(3)36-41-30-14-10-25-16-23(8-12-27(25)33(30)43-36)6-7-24-9-13-28-26(17-24)11-15-31-34(28)44-37(42-31)22(4)40-35-29-18-38(29,35)5/h8-9,12-13,16-17,19-22,29,32,35,39-40H,10-11,14-15,18H2,1-5H3,(H,41,43)(H,42,44). The summed E-state index contributed by atoms with van der Waals surface area (Å²) in [6, 6.07) is 15.1. The quantitative estimate of drug-likeness (QED) is 0.198. The number of H-pyrrole nitrogens is 2. The molecule has 44 heavy (non-hydrogen) atoms. The van der Waals surface area contributed by atoms with Crippen LogP contribution < -0.4 is 10.6 Å². The highest BCUT2D eigenvalue weighted by atomic mass is 15.1. The van der Waals surface area contributed by atoms with E-state index in [1.165, 1.54) is 40.1 Å². The van der Waals surface area contributed by atoms with Crippen molar-refractivity contribution in [3.05, 3.63) is 81.7 Å². The molecule has 3 saturated carbocycles. The van der Waals surface area contributed by atoms with Gasteiger partial charge in [0, 0.05) is 45.7 Å². The van der Waals surface area contributed by atoms with Crippen LogP contribution in [0.15, 0.2) is 36.4 Å². The van der Waals surface area contributed by atoms with Gasteiger partial charge in [0.05, 0.1) is 23.5 Å². The number of imidazole rings is 2. The van der Waals surface area contributed by atoms with Crippen molar-refractivity contribution in [2.24, 2.45) is 23.2 Å². The first kappa shape index (κ1) is 26.7. The number of fused-ring (bicyclic) bond motifs is 7. The Kier molecular flexibility index (Phi) is 5.72. The molecule has 2 heterocycles. The molecule has 2 aromatic carbocycles. The molecule has 0 radical (unpaired) electrons. The molecule has 0 aliphatic heterocycles. The summed E-state index contributed by atoms with van der Waals surface area (Å²) < 4.78 is 0. The molecule has 5 aliphatic rings. The fraction of sp³-hybridized carbons (Fsp3) is 0.474. The third-order valence-electron chi connectivity index (χ3n) is 11.8. The number of nitrogens with one attached hydrogen (secondary N) is 4. The minimum Gasteiger partial charge on any atom is -0.344 e. The predicted octanol–water partition coefficient (Wildman–Crippen LogP) is 6.43. The van der Waals surface area contributed by atoms with Crippen LogP contribution in [0.3, 0.4) is 0 Å². The maximum Gasteiger partial charge on any atom is 0.123 e.